The van der Waals surface area contributed by atoms with Crippen LogP contribution in [0.1, 0.15) is 22.8 Å². The molecule has 0 aliphatic carbocycles. The van der Waals surface area contributed by atoms with Crippen LogP contribution in [0.25, 0.3) is 33.7 Å². The van der Waals surface area contributed by atoms with E-state index in [-0.39, 0.29) is 11.7 Å². The fraction of sp³-hybridized carbons (Fsp3) is 0.348. The van der Waals surface area contributed by atoms with Crippen molar-refractivity contribution in [2.75, 3.05) is 34.2 Å². The summed E-state index contributed by atoms with van der Waals surface area (Å²) in [5.74, 6) is -1.72. The zero-order valence-electron chi connectivity index (χ0n) is 19.7. The minimum atomic E-state index is -4.73. The van der Waals surface area contributed by atoms with Gasteiger partial charge in [0.2, 0.25) is 5.82 Å². The second-order valence-electron chi connectivity index (χ2n) is 8.45. The number of carbonyl (C=O) groups is 1. The third-order valence-electron chi connectivity index (χ3n) is 5.54. The topological polar surface area (TPSA) is 93.2 Å². The zero-order valence-corrected chi connectivity index (χ0v) is 19.7. The Labute approximate surface area is 199 Å². The van der Waals surface area contributed by atoms with E-state index < -0.39 is 12.1 Å². The second kappa shape index (κ2) is 9.45. The molecule has 184 valence electrons. The van der Waals surface area contributed by atoms with Crippen LogP contribution in [0.2, 0.25) is 0 Å². The number of halogens is 3. The van der Waals surface area contributed by atoms with Crippen LogP contribution in [0.3, 0.4) is 0 Å². The first kappa shape index (κ1) is 24.3. The molecule has 0 N–H and O–H groups in total. The van der Waals surface area contributed by atoms with E-state index in [1.165, 1.54) is 18.3 Å². The van der Waals surface area contributed by atoms with Crippen LogP contribution in [0, 0.1) is 0 Å². The van der Waals surface area contributed by atoms with E-state index in [1.54, 1.807) is 41.9 Å². The van der Waals surface area contributed by atoms with Gasteiger partial charge in [-0.1, -0.05) is 5.16 Å². The summed E-state index contributed by atoms with van der Waals surface area (Å²) in [6.07, 6.45) is -0.797. The molecule has 12 heteroatoms. The van der Waals surface area contributed by atoms with Crippen LogP contribution in [-0.4, -0.2) is 74.6 Å². The van der Waals surface area contributed by atoms with E-state index in [9.17, 15) is 18.0 Å². The van der Waals surface area contributed by atoms with Crippen molar-refractivity contribution in [1.29, 1.82) is 0 Å². The molecule has 4 rings (SSSR count). The minimum absolute atomic E-state index is 0.0956. The fourth-order valence-electron chi connectivity index (χ4n) is 3.67. The molecular formula is C23H24F3N7O2. The van der Waals surface area contributed by atoms with Crippen molar-refractivity contribution >= 4 is 16.8 Å². The molecule has 0 saturated carbocycles. The predicted molar refractivity (Wildman–Crippen MR) is 122 cm³/mol. The average Bonchev–Trinajstić information content (AvgIpc) is 3.44. The van der Waals surface area contributed by atoms with E-state index in [2.05, 4.69) is 29.5 Å². The van der Waals surface area contributed by atoms with Crippen molar-refractivity contribution in [3.63, 3.8) is 0 Å². The number of aryl methyl sites for hydroxylation is 1. The van der Waals surface area contributed by atoms with Crippen LogP contribution >= 0.6 is 0 Å². The molecule has 0 aliphatic heterocycles. The molecule has 0 radical (unpaired) electrons. The van der Waals surface area contributed by atoms with Gasteiger partial charge >= 0.3 is 12.1 Å². The smallest absolute Gasteiger partial charge is 0.340 e. The first-order chi connectivity index (χ1) is 16.5. The number of alkyl halides is 3. The molecule has 4 heterocycles. The Morgan fingerprint density at radius 2 is 1.83 bits per heavy atom. The summed E-state index contributed by atoms with van der Waals surface area (Å²) in [4.78, 5) is 28.9. The Bertz CT molecular complexity index is 1360. The molecule has 0 aliphatic rings. The first-order valence-electron chi connectivity index (χ1n) is 10.8. The standard InChI is InChI=1S/C23H24F3N7O2/c1-31(2)8-5-9-32(3)21(34)18-12-15-11-17(28-13-19(15)33(18)4)16-10-14(6-7-27-16)20-29-22(35-30-20)23(24,25)26/h6-7,10-13H,5,8-9H2,1-4H3. The third-order valence-corrected chi connectivity index (χ3v) is 5.54. The molecule has 0 saturated heterocycles. The highest BCUT2D eigenvalue weighted by Crippen LogP contribution is 2.30. The zero-order chi connectivity index (χ0) is 25.3. The molecule has 9 nitrogen and oxygen atoms in total. The summed E-state index contributed by atoms with van der Waals surface area (Å²) >= 11 is 0. The maximum atomic E-state index is 13.0. The summed E-state index contributed by atoms with van der Waals surface area (Å²) in [7, 11) is 7.56. The van der Waals surface area contributed by atoms with Crippen molar-refractivity contribution in [3.8, 4) is 22.8 Å². The van der Waals surface area contributed by atoms with Crippen molar-refractivity contribution in [2.24, 2.45) is 7.05 Å². The number of aromatic nitrogens is 5. The van der Waals surface area contributed by atoms with Crippen molar-refractivity contribution < 1.29 is 22.5 Å². The normalized spacial score (nSPS) is 12.0. The molecule has 0 aromatic carbocycles. The van der Waals surface area contributed by atoms with Gasteiger partial charge in [-0.3, -0.25) is 14.8 Å². The van der Waals surface area contributed by atoms with Gasteiger partial charge in [-0.15, -0.1) is 0 Å². The SMILES string of the molecule is CN(C)CCCN(C)C(=O)c1cc2cc(-c3cc(-c4noc(C(F)(F)F)n4)ccn3)ncc2n1C. The van der Waals surface area contributed by atoms with Gasteiger partial charge in [0.1, 0.15) is 5.69 Å². The number of hydrogen-bond donors (Lipinski definition) is 0. The summed E-state index contributed by atoms with van der Waals surface area (Å²) in [5.41, 5.74) is 2.50. The molecule has 0 fully saturated rings. The molecule has 4 aromatic heterocycles. The number of fused-ring (bicyclic) bond motifs is 1. The molecule has 0 unspecified atom stereocenters. The lowest BCUT2D eigenvalue weighted by Crippen LogP contribution is -2.30. The highest BCUT2D eigenvalue weighted by molar-refractivity contribution is 5.99. The Balaban J connectivity index is 1.60. The van der Waals surface area contributed by atoms with E-state index >= 15 is 0 Å². The Morgan fingerprint density at radius 3 is 2.51 bits per heavy atom. The van der Waals surface area contributed by atoms with E-state index in [0.29, 0.717) is 29.2 Å². The fourth-order valence-corrected chi connectivity index (χ4v) is 3.67. The largest absolute Gasteiger partial charge is 0.471 e. The lowest BCUT2D eigenvalue weighted by Gasteiger charge is -2.18. The maximum Gasteiger partial charge on any atom is 0.471 e. The number of amides is 1. The molecule has 0 spiro atoms. The highest BCUT2D eigenvalue weighted by atomic mass is 19.4. The van der Waals surface area contributed by atoms with Gasteiger partial charge in [0, 0.05) is 37.8 Å². The summed E-state index contributed by atoms with van der Waals surface area (Å²) < 4.78 is 44.5. The van der Waals surface area contributed by atoms with E-state index in [1.807, 2.05) is 14.1 Å². The summed E-state index contributed by atoms with van der Waals surface area (Å²) in [6.45, 7) is 1.51. The number of pyridine rings is 2. The second-order valence-corrected chi connectivity index (χ2v) is 8.45. The van der Waals surface area contributed by atoms with Crippen LogP contribution in [-0.2, 0) is 13.2 Å². The molecule has 35 heavy (non-hydrogen) atoms. The maximum absolute atomic E-state index is 13.0. The van der Waals surface area contributed by atoms with Gasteiger partial charge in [-0.25, -0.2) is 0 Å². The molecule has 0 atom stereocenters. The lowest BCUT2D eigenvalue weighted by atomic mass is 10.1. The number of rotatable bonds is 7. The highest BCUT2D eigenvalue weighted by Gasteiger charge is 2.38. The minimum Gasteiger partial charge on any atom is -0.340 e. The Morgan fingerprint density at radius 1 is 1.09 bits per heavy atom. The monoisotopic (exact) mass is 487 g/mol. The van der Waals surface area contributed by atoms with Crippen LogP contribution < -0.4 is 0 Å². The van der Waals surface area contributed by atoms with Crippen LogP contribution in [0.5, 0.6) is 0 Å². The number of carbonyl (C=O) groups excluding carboxylic acids is 1. The average molecular weight is 487 g/mol. The molecule has 1 amide bonds. The number of nitrogens with zero attached hydrogens (tertiary/aromatic N) is 7. The lowest BCUT2D eigenvalue weighted by molar-refractivity contribution is -0.159. The van der Waals surface area contributed by atoms with Crippen LogP contribution in [0.15, 0.2) is 41.2 Å². The summed E-state index contributed by atoms with van der Waals surface area (Å²) in [6, 6.07) is 6.59. The summed E-state index contributed by atoms with van der Waals surface area (Å²) in [5, 5.41) is 4.20. The van der Waals surface area contributed by atoms with Gasteiger partial charge in [-0.2, -0.15) is 18.2 Å². The Hall–Kier alpha value is -3.80. The quantitative estimate of drug-likeness (QED) is 0.392. The van der Waals surface area contributed by atoms with Gasteiger partial charge in [0.15, 0.2) is 0 Å². The van der Waals surface area contributed by atoms with Gasteiger partial charge in [0.05, 0.1) is 23.1 Å². The third kappa shape index (κ3) is 5.16. The van der Waals surface area contributed by atoms with Gasteiger partial charge < -0.3 is 18.9 Å². The van der Waals surface area contributed by atoms with E-state index in [0.717, 1.165) is 23.9 Å². The molecular weight excluding hydrogens is 463 g/mol. The van der Waals surface area contributed by atoms with E-state index in [4.69, 9.17) is 0 Å². The van der Waals surface area contributed by atoms with Gasteiger partial charge in [-0.05, 0) is 51.3 Å². The van der Waals surface area contributed by atoms with Crippen molar-refractivity contribution in [1.82, 2.24) is 34.5 Å². The number of hydrogen-bond acceptors (Lipinski definition) is 7. The van der Waals surface area contributed by atoms with Crippen molar-refractivity contribution in [2.45, 2.75) is 12.6 Å². The predicted octanol–water partition coefficient (Wildman–Crippen LogP) is 3.73. The van der Waals surface area contributed by atoms with Crippen LogP contribution in [0.4, 0.5) is 13.2 Å². The Kier molecular flexibility index (Phi) is 6.57. The van der Waals surface area contributed by atoms with Crippen molar-refractivity contribution in [3.05, 3.63) is 48.2 Å². The molecule has 0 bridgehead atoms. The first-order valence-corrected chi connectivity index (χ1v) is 10.8. The van der Waals surface area contributed by atoms with Gasteiger partial charge in [0.25, 0.3) is 5.91 Å². The molecule has 4 aromatic rings.